The maximum atomic E-state index is 12.6. The molecule has 1 atom stereocenters. The maximum absolute atomic E-state index is 12.6. The number of benzene rings is 1. The third-order valence-electron chi connectivity index (χ3n) is 4.44. The van der Waals surface area contributed by atoms with Crippen molar-refractivity contribution in [3.63, 3.8) is 0 Å². The van der Waals surface area contributed by atoms with Crippen LogP contribution in [0, 0.1) is 0 Å². The number of hydrogen-bond donors (Lipinski definition) is 1. The third-order valence-corrected chi connectivity index (χ3v) is 4.44. The number of urea groups is 1. The molecule has 1 aliphatic rings. The van der Waals surface area contributed by atoms with Crippen LogP contribution in [0.15, 0.2) is 49.1 Å². The van der Waals surface area contributed by atoms with Gasteiger partial charge in [0.05, 0.1) is 30.8 Å². The Morgan fingerprint density at radius 1 is 1.08 bits per heavy atom. The second-order valence-electron chi connectivity index (χ2n) is 5.94. The molecule has 2 amide bonds. The van der Waals surface area contributed by atoms with Crippen molar-refractivity contribution < 1.29 is 4.79 Å². The van der Waals surface area contributed by atoms with E-state index < -0.39 is 5.66 Å². The summed E-state index contributed by atoms with van der Waals surface area (Å²) in [5, 5.41) is 18.8. The van der Waals surface area contributed by atoms with Crippen molar-refractivity contribution in [2.45, 2.75) is 25.4 Å². The van der Waals surface area contributed by atoms with E-state index >= 15 is 0 Å². The maximum Gasteiger partial charge on any atom is 0.324 e. The minimum Gasteiger partial charge on any atom is -0.333 e. The number of carbonyl (C=O) groups excluding carboxylic acids is 1. The summed E-state index contributed by atoms with van der Waals surface area (Å²) in [6, 6.07) is 7.49. The summed E-state index contributed by atoms with van der Waals surface area (Å²) in [4.78, 5) is 14.4. The molecule has 1 saturated heterocycles. The Kier molecular flexibility index (Phi) is 3.68. The van der Waals surface area contributed by atoms with Crippen molar-refractivity contribution >= 4 is 11.7 Å². The van der Waals surface area contributed by atoms with Gasteiger partial charge in [-0.3, -0.25) is 4.90 Å². The summed E-state index contributed by atoms with van der Waals surface area (Å²) in [6.07, 6.45) is 8.49. The molecule has 25 heavy (non-hydrogen) atoms. The number of hydrogen-bond acceptors (Lipinski definition) is 5. The molecule has 1 N–H and O–H groups in total. The van der Waals surface area contributed by atoms with Gasteiger partial charge in [0.2, 0.25) is 0 Å². The lowest BCUT2D eigenvalue weighted by Crippen LogP contribution is -2.50. The van der Waals surface area contributed by atoms with Crippen molar-refractivity contribution in [3.05, 3.63) is 49.1 Å². The first-order valence-electron chi connectivity index (χ1n) is 8.16. The van der Waals surface area contributed by atoms with Crippen molar-refractivity contribution in [1.29, 1.82) is 0 Å². The van der Waals surface area contributed by atoms with Gasteiger partial charge in [0.1, 0.15) is 0 Å². The molecular weight excluding hydrogens is 320 g/mol. The lowest BCUT2D eigenvalue weighted by atomic mass is 10.0. The first-order chi connectivity index (χ1) is 12.2. The van der Waals surface area contributed by atoms with Gasteiger partial charge in [0, 0.05) is 11.9 Å². The van der Waals surface area contributed by atoms with E-state index in [1.54, 1.807) is 39.1 Å². The lowest BCUT2D eigenvalue weighted by molar-refractivity contribution is 0.237. The van der Waals surface area contributed by atoms with E-state index in [4.69, 9.17) is 0 Å². The molecule has 3 heterocycles. The second-order valence-corrected chi connectivity index (χ2v) is 5.94. The van der Waals surface area contributed by atoms with Crippen LogP contribution in [0.5, 0.6) is 0 Å². The molecule has 0 saturated carbocycles. The summed E-state index contributed by atoms with van der Waals surface area (Å²) in [7, 11) is 0. The number of amides is 2. The highest BCUT2D eigenvalue weighted by molar-refractivity contribution is 5.95. The highest BCUT2D eigenvalue weighted by Gasteiger charge is 2.48. The number of nitrogens with zero attached hydrogens (tertiary/aromatic N) is 7. The summed E-state index contributed by atoms with van der Waals surface area (Å²) in [5.41, 5.74) is 1.07. The van der Waals surface area contributed by atoms with Crippen LogP contribution < -0.4 is 10.2 Å². The Morgan fingerprint density at radius 3 is 2.44 bits per heavy atom. The molecule has 0 bridgehead atoms. The van der Waals surface area contributed by atoms with Crippen molar-refractivity contribution in [2.24, 2.45) is 0 Å². The molecule has 2 aromatic heterocycles. The second kappa shape index (κ2) is 6.00. The van der Waals surface area contributed by atoms with Crippen LogP contribution in [0.2, 0.25) is 0 Å². The first-order valence-corrected chi connectivity index (χ1v) is 8.16. The molecule has 9 nitrogen and oxygen atoms in total. The Bertz CT molecular complexity index is 843. The van der Waals surface area contributed by atoms with Gasteiger partial charge >= 0.3 is 6.03 Å². The summed E-state index contributed by atoms with van der Waals surface area (Å²) < 4.78 is 3.43. The summed E-state index contributed by atoms with van der Waals surface area (Å²) in [6.45, 7) is 2.57. The predicted octanol–water partition coefficient (Wildman–Crippen LogP) is 1.54. The Morgan fingerprint density at radius 2 is 1.80 bits per heavy atom. The fourth-order valence-electron chi connectivity index (χ4n) is 3.35. The predicted molar refractivity (Wildman–Crippen MR) is 90.1 cm³/mol. The number of anilines is 1. The molecule has 9 heteroatoms. The van der Waals surface area contributed by atoms with Gasteiger partial charge in [-0.2, -0.15) is 0 Å². The fourth-order valence-corrected chi connectivity index (χ4v) is 3.35. The molecular formula is C16H18N8O. The quantitative estimate of drug-likeness (QED) is 0.761. The van der Waals surface area contributed by atoms with Gasteiger partial charge in [-0.25, -0.2) is 14.2 Å². The molecule has 3 aromatic rings. The standard InChI is InChI=1S/C16H18N8O/c1-2-7-16(23-11-9-19-21-23)12-17-15(25)24(16)14-5-3-13(4-6-14)22-10-8-18-20-22/h3-6,8-11H,2,7,12H2,1H3,(H,17,25). The van der Waals surface area contributed by atoms with E-state index in [1.807, 2.05) is 24.3 Å². The van der Waals surface area contributed by atoms with Crippen LogP contribution >= 0.6 is 0 Å². The minimum atomic E-state index is -0.600. The number of carbonyl (C=O) groups is 1. The molecule has 1 fully saturated rings. The topological polar surface area (TPSA) is 93.8 Å². The fraction of sp³-hybridized carbons (Fsp3) is 0.312. The smallest absolute Gasteiger partial charge is 0.324 e. The van der Waals surface area contributed by atoms with Crippen molar-refractivity contribution in [2.75, 3.05) is 11.4 Å². The largest absolute Gasteiger partial charge is 0.333 e. The highest BCUT2D eigenvalue weighted by Crippen LogP contribution is 2.35. The number of rotatable bonds is 5. The average molecular weight is 338 g/mol. The zero-order valence-electron chi connectivity index (χ0n) is 13.8. The molecule has 1 aliphatic heterocycles. The van der Waals surface area contributed by atoms with Gasteiger partial charge in [-0.05, 0) is 30.7 Å². The minimum absolute atomic E-state index is 0.141. The molecule has 128 valence electrons. The van der Waals surface area contributed by atoms with E-state index in [9.17, 15) is 4.79 Å². The summed E-state index contributed by atoms with van der Waals surface area (Å²) in [5.74, 6) is 0. The van der Waals surface area contributed by atoms with Crippen molar-refractivity contribution in [3.8, 4) is 5.69 Å². The van der Waals surface area contributed by atoms with Crippen LogP contribution in [-0.4, -0.2) is 42.6 Å². The lowest BCUT2D eigenvalue weighted by Gasteiger charge is -2.36. The van der Waals surface area contributed by atoms with Crippen molar-refractivity contribution in [1.82, 2.24) is 35.3 Å². The molecule has 1 unspecified atom stereocenters. The van der Waals surface area contributed by atoms with Crippen LogP contribution in [0.3, 0.4) is 0 Å². The van der Waals surface area contributed by atoms with Gasteiger partial charge in [0.25, 0.3) is 0 Å². The molecule has 4 rings (SSSR count). The molecule has 0 spiro atoms. The number of aromatic nitrogens is 6. The van der Waals surface area contributed by atoms with Gasteiger partial charge in [0.15, 0.2) is 5.66 Å². The van der Waals surface area contributed by atoms with Gasteiger partial charge < -0.3 is 5.32 Å². The monoisotopic (exact) mass is 338 g/mol. The zero-order chi connectivity index (χ0) is 17.3. The van der Waals surface area contributed by atoms with E-state index in [1.165, 1.54) is 0 Å². The highest BCUT2D eigenvalue weighted by atomic mass is 16.2. The summed E-state index contributed by atoms with van der Waals surface area (Å²) >= 11 is 0. The van der Waals surface area contributed by atoms with E-state index in [-0.39, 0.29) is 6.03 Å². The Labute approximate surface area is 144 Å². The first kappa shape index (κ1) is 15.3. The number of nitrogens with one attached hydrogen (secondary N) is 1. The normalized spacial score (nSPS) is 20.0. The van der Waals surface area contributed by atoms with Crippen LogP contribution in [0.25, 0.3) is 5.69 Å². The van der Waals surface area contributed by atoms with Gasteiger partial charge in [-0.1, -0.05) is 23.8 Å². The van der Waals surface area contributed by atoms with Crippen LogP contribution in [-0.2, 0) is 5.66 Å². The van der Waals surface area contributed by atoms with Crippen LogP contribution in [0.1, 0.15) is 19.8 Å². The molecule has 0 radical (unpaired) electrons. The van der Waals surface area contributed by atoms with E-state index in [2.05, 4.69) is 32.9 Å². The van der Waals surface area contributed by atoms with Gasteiger partial charge in [-0.15, -0.1) is 10.2 Å². The molecule has 0 aliphatic carbocycles. The molecule has 1 aromatic carbocycles. The van der Waals surface area contributed by atoms with E-state index in [0.29, 0.717) is 6.54 Å². The van der Waals surface area contributed by atoms with Crippen LogP contribution in [0.4, 0.5) is 10.5 Å². The Balaban J connectivity index is 1.74. The van der Waals surface area contributed by atoms with E-state index in [0.717, 1.165) is 24.2 Å². The Hall–Kier alpha value is -3.23. The third kappa shape index (κ3) is 2.44. The average Bonchev–Trinajstić information content (AvgIpc) is 3.38. The zero-order valence-corrected chi connectivity index (χ0v) is 13.8. The SMILES string of the molecule is CCCC1(n2ccnn2)CNC(=O)N1c1ccc(-n2ccnn2)cc1.